The highest BCUT2D eigenvalue weighted by atomic mass is 28.4. The van der Waals surface area contributed by atoms with Crippen LogP contribution in [0.2, 0.25) is 5.04 Å². The second-order valence-corrected chi connectivity index (χ2v) is 21.3. The minimum absolute atomic E-state index is 0.0938. The van der Waals surface area contributed by atoms with Gasteiger partial charge in [-0.05, 0) is 109 Å². The van der Waals surface area contributed by atoms with Crippen LogP contribution in [0.4, 0.5) is 0 Å². The number of aliphatic hydroxyl groups is 2. The van der Waals surface area contributed by atoms with Crippen molar-refractivity contribution in [2.75, 3.05) is 0 Å². The zero-order valence-electron chi connectivity index (χ0n) is 30.4. The van der Waals surface area contributed by atoms with Crippen molar-refractivity contribution in [3.05, 3.63) is 96.1 Å². The summed E-state index contributed by atoms with van der Waals surface area (Å²) >= 11 is 0. The van der Waals surface area contributed by atoms with Gasteiger partial charge in [0.2, 0.25) is 0 Å². The van der Waals surface area contributed by atoms with Gasteiger partial charge in [-0.1, -0.05) is 132 Å². The highest BCUT2D eigenvalue weighted by Crippen LogP contribution is 2.60. The maximum Gasteiger partial charge on any atom is 0.261 e. The summed E-state index contributed by atoms with van der Waals surface area (Å²) in [6.45, 7) is 20.2. The summed E-state index contributed by atoms with van der Waals surface area (Å²) in [4.78, 5) is 0. The lowest BCUT2D eigenvalue weighted by atomic mass is 9.63. The fraction of sp³-hybridized carbons (Fsp3) is 0.581. The topological polar surface area (TPSA) is 49.7 Å². The average Bonchev–Trinajstić information content (AvgIpc) is 3.38. The number of allylic oxidation sites excluding steroid dienone is 3. The zero-order chi connectivity index (χ0) is 34.0. The van der Waals surface area contributed by atoms with E-state index in [-0.39, 0.29) is 11.1 Å². The zero-order valence-corrected chi connectivity index (χ0v) is 31.4. The summed E-state index contributed by atoms with van der Waals surface area (Å²) in [5.41, 5.74) is 3.36. The third-order valence-corrected chi connectivity index (χ3v) is 17.3. The van der Waals surface area contributed by atoms with E-state index in [1.807, 2.05) is 13.8 Å². The summed E-state index contributed by atoms with van der Waals surface area (Å²) in [5.74, 6) is 2.04. The van der Waals surface area contributed by atoms with Crippen molar-refractivity contribution in [1.29, 1.82) is 0 Å². The maximum absolute atomic E-state index is 11.4. The maximum atomic E-state index is 11.4. The summed E-state index contributed by atoms with van der Waals surface area (Å²) in [6, 6.07) is 21.7. The number of hydrogen-bond donors (Lipinski definition) is 2. The van der Waals surface area contributed by atoms with Crippen molar-refractivity contribution in [2.24, 2.45) is 23.2 Å². The molecule has 6 atom stereocenters. The minimum Gasteiger partial charge on any atom is -0.404 e. The van der Waals surface area contributed by atoms with Crippen LogP contribution in [0.5, 0.6) is 0 Å². The van der Waals surface area contributed by atoms with Crippen LogP contribution in [0.3, 0.4) is 0 Å². The van der Waals surface area contributed by atoms with Gasteiger partial charge in [0.1, 0.15) is 0 Å². The van der Waals surface area contributed by atoms with Crippen LogP contribution in [0.15, 0.2) is 96.1 Å². The number of benzene rings is 2. The fourth-order valence-corrected chi connectivity index (χ4v) is 14.4. The number of hydrogen-bond acceptors (Lipinski definition) is 3. The molecule has 0 saturated heterocycles. The molecule has 5 rings (SSSR count). The van der Waals surface area contributed by atoms with Gasteiger partial charge in [-0.15, -0.1) is 0 Å². The smallest absolute Gasteiger partial charge is 0.261 e. The Morgan fingerprint density at radius 2 is 1.60 bits per heavy atom. The van der Waals surface area contributed by atoms with Crippen LogP contribution >= 0.6 is 0 Å². The molecule has 0 spiro atoms. The van der Waals surface area contributed by atoms with Gasteiger partial charge in [-0.25, -0.2) is 0 Å². The molecule has 0 bridgehead atoms. The molecule has 2 aromatic carbocycles. The lowest BCUT2D eigenvalue weighted by Gasteiger charge is -2.46. The Bertz CT molecular complexity index is 1370. The Labute approximate surface area is 287 Å². The van der Waals surface area contributed by atoms with Gasteiger partial charge in [0, 0.05) is 6.42 Å². The molecule has 3 nitrogen and oxygen atoms in total. The Hall–Kier alpha value is -2.24. The molecule has 0 amide bonds. The molecule has 0 heterocycles. The molecule has 3 aliphatic carbocycles. The number of aliphatic hydroxyl groups excluding tert-OH is 1. The van der Waals surface area contributed by atoms with E-state index in [1.165, 1.54) is 48.9 Å². The van der Waals surface area contributed by atoms with Gasteiger partial charge in [-0.3, -0.25) is 0 Å². The quantitative estimate of drug-likeness (QED) is 0.198. The summed E-state index contributed by atoms with van der Waals surface area (Å²) in [5, 5.41) is 24.0. The molecule has 3 fully saturated rings. The molecule has 47 heavy (non-hydrogen) atoms. The van der Waals surface area contributed by atoms with Gasteiger partial charge in [0.05, 0.1) is 17.8 Å². The second-order valence-electron chi connectivity index (χ2n) is 17.1. The minimum atomic E-state index is -2.74. The van der Waals surface area contributed by atoms with Gasteiger partial charge in [0.15, 0.2) is 0 Å². The van der Waals surface area contributed by atoms with Crippen molar-refractivity contribution in [3.8, 4) is 0 Å². The van der Waals surface area contributed by atoms with E-state index in [0.29, 0.717) is 23.7 Å². The standard InChI is InChI=1S/C43H62O3Si/c1-31(17-15-27-42(6,7)45)38-25-26-39-33(18-16-28-43(38,39)8)23-24-34-29-35(30-40(44)32(34)2)46-47(41(3,4)5,36-19-11-9-12-20-36)37-21-13-10-14-22-37/h9-14,19-24,31,35,38-40,44-45H,2,15-18,25-30H2,1,3-8H3/b33-23+,34-24+/t31-,35-,38-,39+,40+,43-/m1/s1/i2+1,18+1,23+1. The third kappa shape index (κ3) is 7.67. The predicted molar refractivity (Wildman–Crippen MR) is 201 cm³/mol. The molecule has 3 saturated carbocycles. The van der Waals surface area contributed by atoms with Crippen molar-refractivity contribution in [3.63, 3.8) is 0 Å². The highest BCUT2D eigenvalue weighted by Gasteiger charge is 2.53. The van der Waals surface area contributed by atoms with Crippen LogP contribution < -0.4 is 10.4 Å². The molecule has 4 heteroatoms. The van der Waals surface area contributed by atoms with Crippen LogP contribution in [0, 0.1) is 23.2 Å². The lowest BCUT2D eigenvalue weighted by Crippen LogP contribution is -2.68. The predicted octanol–water partition coefficient (Wildman–Crippen LogP) is 9.29. The van der Waals surface area contributed by atoms with Gasteiger partial charge in [0.25, 0.3) is 8.32 Å². The van der Waals surface area contributed by atoms with Gasteiger partial charge >= 0.3 is 0 Å². The summed E-state index contributed by atoms with van der Waals surface area (Å²) in [7, 11) is -2.74. The lowest BCUT2D eigenvalue weighted by molar-refractivity contribution is 0.0596. The first kappa shape index (κ1) is 36.0. The number of fused-ring (bicyclic) bond motifs is 1. The van der Waals surface area contributed by atoms with E-state index in [0.717, 1.165) is 36.3 Å². The normalized spacial score (nSPS) is 29.7. The molecule has 0 radical (unpaired) electrons. The third-order valence-electron chi connectivity index (χ3n) is 12.2. The van der Waals surface area contributed by atoms with E-state index in [1.54, 1.807) is 5.57 Å². The van der Waals surface area contributed by atoms with E-state index >= 15 is 0 Å². The van der Waals surface area contributed by atoms with E-state index in [4.69, 9.17) is 4.43 Å². The molecular weight excluding hydrogens is 596 g/mol. The highest BCUT2D eigenvalue weighted by molar-refractivity contribution is 6.99. The van der Waals surface area contributed by atoms with E-state index in [2.05, 4.69) is 114 Å². The van der Waals surface area contributed by atoms with Crippen molar-refractivity contribution in [1.82, 2.24) is 0 Å². The SMILES string of the molecule is C[C@H](CCCC(C)(C)O)[C@H]1CC[C@H]2/C(=[13CH]/C=C3\C[C@@H](O[Si](c4ccccc4)(c4ccccc4)C(C)(C)C)C[C@H](O)C3=[13CH2])[13CH2]CC[C@]12C. The van der Waals surface area contributed by atoms with Gasteiger partial charge < -0.3 is 14.6 Å². The fourth-order valence-electron chi connectivity index (χ4n) is 9.75. The van der Waals surface area contributed by atoms with E-state index in [9.17, 15) is 10.2 Å². The summed E-state index contributed by atoms with van der Waals surface area (Å²) < 4.78 is 7.50. The molecule has 256 valence electrons. The molecule has 0 aliphatic heterocycles. The monoisotopic (exact) mass is 657 g/mol. The van der Waals surface area contributed by atoms with Gasteiger partial charge in [-0.2, -0.15) is 0 Å². The molecular formula is C43H62O3Si. The van der Waals surface area contributed by atoms with Crippen LogP contribution in [-0.2, 0) is 4.43 Å². The Kier molecular flexibility index (Phi) is 11.0. The Morgan fingerprint density at radius 1 is 0.979 bits per heavy atom. The van der Waals surface area contributed by atoms with Crippen LogP contribution in [0.25, 0.3) is 0 Å². The summed E-state index contributed by atoms with van der Waals surface area (Å²) in [6.07, 6.45) is 14.8. The van der Waals surface area contributed by atoms with Crippen molar-refractivity contribution >= 4 is 18.7 Å². The largest absolute Gasteiger partial charge is 0.404 e. The van der Waals surface area contributed by atoms with Crippen LogP contribution in [0.1, 0.15) is 113 Å². The Balaban J connectivity index is 1.39. The van der Waals surface area contributed by atoms with Crippen molar-refractivity contribution in [2.45, 2.75) is 136 Å². The first-order chi connectivity index (χ1) is 22.2. The molecule has 2 N–H and O–H groups in total. The second kappa shape index (κ2) is 14.3. The van der Waals surface area contributed by atoms with E-state index < -0.39 is 20.0 Å². The molecule has 0 aromatic heterocycles. The van der Waals surface area contributed by atoms with Crippen LogP contribution in [-0.4, -0.2) is 36.3 Å². The molecule has 3 aliphatic rings. The number of rotatable bonds is 10. The molecule has 2 aromatic rings. The first-order valence-corrected chi connectivity index (χ1v) is 20.3. The molecule has 0 unspecified atom stereocenters. The van der Waals surface area contributed by atoms with Crippen molar-refractivity contribution < 1.29 is 14.6 Å². The Morgan fingerprint density at radius 3 is 2.17 bits per heavy atom. The average molecular weight is 658 g/mol. The first-order valence-electron chi connectivity index (χ1n) is 18.4.